The van der Waals surface area contributed by atoms with Gasteiger partial charge in [-0.05, 0) is 27.2 Å². The molecule has 0 spiro atoms. The molecular weight excluding hydrogens is 306 g/mol. The molecule has 0 fully saturated rings. The van der Waals surface area contributed by atoms with Gasteiger partial charge in [0, 0.05) is 31.5 Å². The molecule has 0 aliphatic carbocycles. The smallest absolute Gasteiger partial charge is 0.311 e. The number of hydrogen-bond donors (Lipinski definition) is 0. The standard InChI is InChI=1S/C17H23N5O2/c1-6-8-9-20-15(23)13-14(19(5)17(20)24)18-16-21(13)10-12(4)22(16)11(3)7-2/h6,8,10-11H,7,9H2,1-5H3. The molecule has 3 rings (SSSR count). The summed E-state index contributed by atoms with van der Waals surface area (Å²) < 4.78 is 6.61. The van der Waals surface area contributed by atoms with E-state index in [2.05, 4.69) is 23.4 Å². The molecule has 7 heteroatoms. The summed E-state index contributed by atoms with van der Waals surface area (Å²) in [6.07, 6.45) is 6.50. The third-order valence-corrected chi connectivity index (χ3v) is 4.62. The van der Waals surface area contributed by atoms with E-state index in [1.807, 2.05) is 30.5 Å². The molecule has 1 atom stereocenters. The van der Waals surface area contributed by atoms with Crippen molar-refractivity contribution in [2.24, 2.45) is 7.05 Å². The van der Waals surface area contributed by atoms with Gasteiger partial charge >= 0.3 is 5.69 Å². The largest absolute Gasteiger partial charge is 0.332 e. The van der Waals surface area contributed by atoms with Crippen LogP contribution in [0.3, 0.4) is 0 Å². The van der Waals surface area contributed by atoms with Gasteiger partial charge in [-0.3, -0.25) is 18.3 Å². The van der Waals surface area contributed by atoms with E-state index in [1.54, 1.807) is 13.1 Å². The monoisotopic (exact) mass is 329 g/mol. The predicted molar refractivity (Wildman–Crippen MR) is 94.7 cm³/mol. The van der Waals surface area contributed by atoms with Gasteiger partial charge in [0.15, 0.2) is 11.2 Å². The van der Waals surface area contributed by atoms with Crippen LogP contribution in [0.15, 0.2) is 27.9 Å². The Kier molecular flexibility index (Phi) is 3.95. The zero-order valence-corrected chi connectivity index (χ0v) is 14.8. The van der Waals surface area contributed by atoms with Crippen molar-refractivity contribution in [1.82, 2.24) is 23.1 Å². The quantitative estimate of drug-likeness (QED) is 0.688. The van der Waals surface area contributed by atoms with Gasteiger partial charge in [0.05, 0.1) is 0 Å². The molecule has 0 amide bonds. The summed E-state index contributed by atoms with van der Waals surface area (Å²) in [5.74, 6) is 0.702. The molecule has 0 bridgehead atoms. The molecule has 0 saturated carbocycles. The first kappa shape index (κ1) is 16.3. The van der Waals surface area contributed by atoms with Gasteiger partial charge in [-0.1, -0.05) is 19.1 Å². The van der Waals surface area contributed by atoms with E-state index in [0.29, 0.717) is 16.9 Å². The molecule has 0 aromatic carbocycles. The molecule has 0 radical (unpaired) electrons. The Balaban J connectivity index is 2.46. The first-order valence-electron chi connectivity index (χ1n) is 8.22. The maximum atomic E-state index is 12.9. The molecule has 24 heavy (non-hydrogen) atoms. The number of imidazole rings is 2. The lowest BCUT2D eigenvalue weighted by Gasteiger charge is -2.12. The number of aryl methyl sites for hydroxylation is 2. The van der Waals surface area contributed by atoms with Crippen molar-refractivity contribution in [3.05, 3.63) is 44.9 Å². The summed E-state index contributed by atoms with van der Waals surface area (Å²) >= 11 is 0. The predicted octanol–water partition coefficient (Wildman–Crippen LogP) is 2.00. The second kappa shape index (κ2) is 5.81. The summed E-state index contributed by atoms with van der Waals surface area (Å²) in [5, 5.41) is 0. The SMILES string of the molecule is CC=CCn1c(=O)c2c(nc3n(C(C)CC)c(C)cn23)n(C)c1=O. The third-order valence-electron chi connectivity index (χ3n) is 4.62. The van der Waals surface area contributed by atoms with E-state index in [9.17, 15) is 9.59 Å². The second-order valence-corrected chi connectivity index (χ2v) is 6.18. The molecule has 128 valence electrons. The fourth-order valence-electron chi connectivity index (χ4n) is 3.13. The van der Waals surface area contributed by atoms with Crippen LogP contribution in [-0.4, -0.2) is 23.1 Å². The van der Waals surface area contributed by atoms with Crippen LogP contribution in [0.2, 0.25) is 0 Å². The first-order chi connectivity index (χ1) is 11.4. The van der Waals surface area contributed by atoms with Crippen LogP contribution in [0.25, 0.3) is 16.9 Å². The second-order valence-electron chi connectivity index (χ2n) is 6.18. The minimum absolute atomic E-state index is 0.260. The van der Waals surface area contributed by atoms with Gasteiger partial charge < -0.3 is 4.57 Å². The molecule has 0 N–H and O–H groups in total. The fraction of sp³-hybridized carbons (Fsp3) is 0.471. The van der Waals surface area contributed by atoms with E-state index < -0.39 is 0 Å². The van der Waals surface area contributed by atoms with E-state index in [1.165, 1.54) is 9.13 Å². The van der Waals surface area contributed by atoms with Gasteiger partial charge in [-0.25, -0.2) is 4.79 Å². The van der Waals surface area contributed by atoms with Crippen LogP contribution in [0.5, 0.6) is 0 Å². The number of hydrogen-bond acceptors (Lipinski definition) is 3. The summed E-state index contributed by atoms with van der Waals surface area (Å²) in [5.41, 5.74) is 1.26. The molecule has 3 aromatic heterocycles. The van der Waals surface area contributed by atoms with Crippen molar-refractivity contribution in [3.63, 3.8) is 0 Å². The average Bonchev–Trinajstić information content (AvgIpc) is 3.06. The molecule has 0 aliphatic heterocycles. The van der Waals surface area contributed by atoms with Crippen LogP contribution < -0.4 is 11.2 Å². The van der Waals surface area contributed by atoms with Crippen LogP contribution in [-0.2, 0) is 13.6 Å². The molecule has 0 saturated heterocycles. The first-order valence-corrected chi connectivity index (χ1v) is 8.22. The highest BCUT2D eigenvalue weighted by molar-refractivity contribution is 5.75. The minimum atomic E-state index is -0.349. The van der Waals surface area contributed by atoms with Crippen molar-refractivity contribution in [2.75, 3.05) is 0 Å². The van der Waals surface area contributed by atoms with Crippen molar-refractivity contribution in [1.29, 1.82) is 0 Å². The number of rotatable bonds is 4. The number of aromatic nitrogens is 5. The Morgan fingerprint density at radius 3 is 2.67 bits per heavy atom. The number of fused-ring (bicyclic) bond motifs is 3. The highest BCUT2D eigenvalue weighted by Crippen LogP contribution is 2.21. The number of nitrogens with zero attached hydrogens (tertiary/aromatic N) is 5. The summed E-state index contributed by atoms with van der Waals surface area (Å²) in [4.78, 5) is 30.0. The molecular formula is C17H23N5O2. The summed E-state index contributed by atoms with van der Waals surface area (Å²) in [6.45, 7) is 8.36. The number of allylic oxidation sites excluding steroid dienone is 2. The van der Waals surface area contributed by atoms with E-state index in [-0.39, 0.29) is 23.8 Å². The normalized spacial score (nSPS) is 13.5. The Labute approximate surface area is 139 Å². The molecule has 3 aromatic rings. The minimum Gasteiger partial charge on any atom is -0.311 e. The Bertz CT molecular complexity index is 1060. The van der Waals surface area contributed by atoms with Crippen LogP contribution in [0.1, 0.15) is 38.9 Å². The molecule has 3 heterocycles. The third kappa shape index (κ3) is 2.15. The van der Waals surface area contributed by atoms with Crippen molar-refractivity contribution >= 4 is 16.9 Å². The lowest BCUT2D eigenvalue weighted by Crippen LogP contribution is -2.39. The van der Waals surface area contributed by atoms with E-state index in [4.69, 9.17) is 0 Å². The van der Waals surface area contributed by atoms with Gasteiger partial charge in [-0.15, -0.1) is 0 Å². The summed E-state index contributed by atoms with van der Waals surface area (Å²) in [7, 11) is 1.66. The van der Waals surface area contributed by atoms with Crippen molar-refractivity contribution in [2.45, 2.75) is 46.7 Å². The maximum Gasteiger partial charge on any atom is 0.332 e. The van der Waals surface area contributed by atoms with Gasteiger partial charge in [-0.2, -0.15) is 4.98 Å². The Morgan fingerprint density at radius 1 is 1.33 bits per heavy atom. The topological polar surface area (TPSA) is 66.2 Å². The summed E-state index contributed by atoms with van der Waals surface area (Å²) in [6, 6.07) is 0.265. The van der Waals surface area contributed by atoms with Crippen LogP contribution in [0.4, 0.5) is 0 Å². The average molecular weight is 329 g/mol. The van der Waals surface area contributed by atoms with Gasteiger partial charge in [0.25, 0.3) is 5.56 Å². The van der Waals surface area contributed by atoms with Gasteiger partial charge in [0.1, 0.15) is 0 Å². The maximum absolute atomic E-state index is 12.9. The van der Waals surface area contributed by atoms with Gasteiger partial charge in [0.2, 0.25) is 5.78 Å². The van der Waals surface area contributed by atoms with Crippen molar-refractivity contribution < 1.29 is 0 Å². The molecule has 7 nitrogen and oxygen atoms in total. The molecule has 0 aliphatic rings. The van der Waals surface area contributed by atoms with E-state index >= 15 is 0 Å². The lowest BCUT2D eigenvalue weighted by molar-refractivity contribution is 0.532. The van der Waals surface area contributed by atoms with Crippen molar-refractivity contribution in [3.8, 4) is 0 Å². The lowest BCUT2D eigenvalue weighted by atomic mass is 10.2. The zero-order chi connectivity index (χ0) is 17.6. The van der Waals surface area contributed by atoms with Crippen LogP contribution >= 0.6 is 0 Å². The highest BCUT2D eigenvalue weighted by atomic mass is 16.2. The zero-order valence-electron chi connectivity index (χ0n) is 14.8. The Morgan fingerprint density at radius 2 is 2.04 bits per heavy atom. The van der Waals surface area contributed by atoms with Crippen LogP contribution in [0, 0.1) is 6.92 Å². The van der Waals surface area contributed by atoms with E-state index in [0.717, 1.165) is 12.1 Å². The fourth-order valence-corrected chi connectivity index (χ4v) is 3.13. The highest BCUT2D eigenvalue weighted by Gasteiger charge is 2.21. The Hall–Kier alpha value is -2.57. The molecule has 1 unspecified atom stereocenters.